The van der Waals surface area contributed by atoms with E-state index in [1.165, 1.54) is 0 Å². The Kier molecular flexibility index (Phi) is 4.83. The van der Waals surface area contributed by atoms with Gasteiger partial charge < -0.3 is 16.8 Å². The van der Waals surface area contributed by atoms with Gasteiger partial charge in [0.25, 0.3) is 5.91 Å². The molecule has 5 N–H and O–H groups in total. The van der Waals surface area contributed by atoms with Crippen molar-refractivity contribution >= 4 is 11.7 Å². The Morgan fingerprint density at radius 3 is 2.57 bits per heavy atom. The minimum Gasteiger partial charge on any atom is -0.365 e. The van der Waals surface area contributed by atoms with Gasteiger partial charge in [-0.2, -0.15) is 0 Å². The van der Waals surface area contributed by atoms with E-state index < -0.39 is 5.91 Å². The van der Waals surface area contributed by atoms with Gasteiger partial charge >= 0.3 is 0 Å². The van der Waals surface area contributed by atoms with Gasteiger partial charge in [0.1, 0.15) is 5.82 Å². The van der Waals surface area contributed by atoms with Gasteiger partial charge in [0.15, 0.2) is 0 Å². The molecule has 0 saturated carbocycles. The largest absolute Gasteiger partial charge is 0.365 e. The fourth-order valence-corrected chi connectivity index (χ4v) is 2.93. The number of amides is 1. The van der Waals surface area contributed by atoms with Crippen molar-refractivity contribution in [3.8, 4) is 0 Å². The van der Waals surface area contributed by atoms with Crippen molar-refractivity contribution in [2.45, 2.75) is 57.9 Å². The third-order valence-electron chi connectivity index (χ3n) is 4.69. The van der Waals surface area contributed by atoms with Gasteiger partial charge in [-0.15, -0.1) is 0 Å². The maximum absolute atomic E-state index is 11.8. The lowest BCUT2D eigenvalue weighted by atomic mass is 9.91. The molecule has 1 amide bonds. The number of carbonyl (C=O) groups is 1. The fourth-order valence-electron chi connectivity index (χ4n) is 2.93. The molecule has 0 aliphatic heterocycles. The van der Waals surface area contributed by atoms with Gasteiger partial charge in [0.2, 0.25) is 0 Å². The zero-order chi connectivity index (χ0) is 15.5. The number of nitrogens with zero attached hydrogens (tertiary/aromatic N) is 1. The zero-order valence-corrected chi connectivity index (χ0v) is 13.0. The van der Waals surface area contributed by atoms with Crippen LogP contribution >= 0.6 is 0 Å². The first-order valence-corrected chi connectivity index (χ1v) is 7.86. The van der Waals surface area contributed by atoms with E-state index in [0.717, 1.165) is 49.8 Å². The van der Waals surface area contributed by atoms with Crippen LogP contribution in [0, 0.1) is 0 Å². The fraction of sp³-hybridized carbons (Fsp3) is 0.625. The summed E-state index contributed by atoms with van der Waals surface area (Å²) in [4.78, 5) is 16.5. The van der Waals surface area contributed by atoms with Gasteiger partial charge in [-0.1, -0.05) is 13.8 Å². The average molecular weight is 290 g/mol. The van der Waals surface area contributed by atoms with Crippen LogP contribution in [0.15, 0.2) is 6.07 Å². The maximum Gasteiger partial charge on any atom is 0.252 e. The highest BCUT2D eigenvalue weighted by molar-refractivity contribution is 5.98. The molecule has 1 heterocycles. The van der Waals surface area contributed by atoms with Crippen LogP contribution in [-0.2, 0) is 12.8 Å². The third-order valence-corrected chi connectivity index (χ3v) is 4.69. The zero-order valence-electron chi connectivity index (χ0n) is 13.0. The standard InChI is InChI=1S/C16H26N4O/c1-3-16(4-2,10-17)20-15-12(14(18)21)9-11-7-5-6-8-13(11)19-15/h9H,3-8,10,17H2,1-2H3,(H2,18,21)(H,19,20). The summed E-state index contributed by atoms with van der Waals surface area (Å²) in [6, 6.07) is 1.92. The first-order valence-electron chi connectivity index (χ1n) is 7.86. The first kappa shape index (κ1) is 15.8. The number of carbonyl (C=O) groups excluding carboxylic acids is 1. The number of hydrogen-bond donors (Lipinski definition) is 3. The molecule has 5 heteroatoms. The van der Waals surface area contributed by atoms with E-state index >= 15 is 0 Å². The molecule has 1 aliphatic rings. The summed E-state index contributed by atoms with van der Waals surface area (Å²) >= 11 is 0. The number of aromatic nitrogens is 1. The number of fused-ring (bicyclic) bond motifs is 1. The first-order chi connectivity index (χ1) is 10.0. The van der Waals surface area contributed by atoms with E-state index in [4.69, 9.17) is 16.5 Å². The second-order valence-corrected chi connectivity index (χ2v) is 5.88. The lowest BCUT2D eigenvalue weighted by molar-refractivity contribution is 0.100. The van der Waals surface area contributed by atoms with Crippen LogP contribution in [-0.4, -0.2) is 23.0 Å². The van der Waals surface area contributed by atoms with Crippen molar-refractivity contribution in [2.75, 3.05) is 11.9 Å². The molecule has 0 unspecified atom stereocenters. The Balaban J connectivity index is 2.43. The number of primary amides is 1. The molecule has 116 valence electrons. The van der Waals surface area contributed by atoms with E-state index in [-0.39, 0.29) is 5.54 Å². The van der Waals surface area contributed by atoms with Crippen LogP contribution in [0.3, 0.4) is 0 Å². The average Bonchev–Trinajstić information content (AvgIpc) is 2.51. The van der Waals surface area contributed by atoms with Gasteiger partial charge in [0, 0.05) is 12.2 Å². The number of hydrogen-bond acceptors (Lipinski definition) is 4. The molecule has 0 aromatic carbocycles. The summed E-state index contributed by atoms with van der Waals surface area (Å²) in [5, 5.41) is 3.40. The normalized spacial score (nSPS) is 14.6. The molecular formula is C16H26N4O. The second kappa shape index (κ2) is 6.43. The molecule has 0 saturated heterocycles. The molecule has 21 heavy (non-hydrogen) atoms. The Bertz CT molecular complexity index is 515. The molecule has 5 nitrogen and oxygen atoms in total. The summed E-state index contributed by atoms with van der Waals surface area (Å²) in [5.74, 6) is 0.161. The highest BCUT2D eigenvalue weighted by Gasteiger charge is 2.27. The quantitative estimate of drug-likeness (QED) is 0.746. The van der Waals surface area contributed by atoms with Gasteiger partial charge in [-0.25, -0.2) is 4.98 Å². The minimum atomic E-state index is -0.434. The molecule has 1 aliphatic carbocycles. The van der Waals surface area contributed by atoms with Crippen LogP contribution in [0.4, 0.5) is 5.82 Å². The van der Waals surface area contributed by atoms with Crippen molar-refractivity contribution < 1.29 is 4.79 Å². The van der Waals surface area contributed by atoms with Crippen molar-refractivity contribution in [3.05, 3.63) is 22.9 Å². The third kappa shape index (κ3) is 3.18. The number of aryl methyl sites for hydroxylation is 2. The van der Waals surface area contributed by atoms with Crippen LogP contribution < -0.4 is 16.8 Å². The van der Waals surface area contributed by atoms with E-state index in [9.17, 15) is 4.79 Å². The van der Waals surface area contributed by atoms with Gasteiger partial charge in [0.05, 0.1) is 11.1 Å². The summed E-state index contributed by atoms with van der Waals surface area (Å²) in [5.41, 5.74) is 14.0. The van der Waals surface area contributed by atoms with Crippen LogP contribution in [0.5, 0.6) is 0 Å². The van der Waals surface area contributed by atoms with Crippen molar-refractivity contribution in [3.63, 3.8) is 0 Å². The van der Waals surface area contributed by atoms with Gasteiger partial charge in [-0.05, 0) is 50.2 Å². The molecule has 1 aromatic heterocycles. The number of anilines is 1. The minimum absolute atomic E-state index is 0.236. The van der Waals surface area contributed by atoms with Gasteiger partial charge in [-0.3, -0.25) is 4.79 Å². The van der Waals surface area contributed by atoms with Crippen molar-refractivity contribution in [1.82, 2.24) is 4.98 Å². The van der Waals surface area contributed by atoms with Crippen molar-refractivity contribution in [1.29, 1.82) is 0 Å². The molecule has 1 aromatic rings. The van der Waals surface area contributed by atoms with E-state index in [2.05, 4.69) is 19.2 Å². The smallest absolute Gasteiger partial charge is 0.252 e. The summed E-state index contributed by atoms with van der Waals surface area (Å²) in [7, 11) is 0. The molecule has 0 radical (unpaired) electrons. The predicted molar refractivity (Wildman–Crippen MR) is 85.4 cm³/mol. The topological polar surface area (TPSA) is 94.0 Å². The van der Waals surface area contributed by atoms with Crippen LogP contribution in [0.25, 0.3) is 0 Å². The molecule has 0 spiro atoms. The number of nitrogens with one attached hydrogen (secondary N) is 1. The summed E-state index contributed by atoms with van der Waals surface area (Å²) < 4.78 is 0. The van der Waals surface area contributed by atoms with Crippen LogP contribution in [0.2, 0.25) is 0 Å². The highest BCUT2D eigenvalue weighted by atomic mass is 16.1. The Hall–Kier alpha value is -1.62. The summed E-state index contributed by atoms with van der Waals surface area (Å²) in [6.45, 7) is 4.67. The lowest BCUT2D eigenvalue weighted by Crippen LogP contribution is -2.45. The number of rotatable bonds is 6. The SMILES string of the molecule is CCC(CC)(CN)Nc1nc2c(cc1C(N)=O)CCCC2. The monoisotopic (exact) mass is 290 g/mol. The van der Waals surface area contributed by atoms with E-state index in [1.54, 1.807) is 0 Å². The predicted octanol–water partition coefficient (Wildman–Crippen LogP) is 1.99. The lowest BCUT2D eigenvalue weighted by Gasteiger charge is -2.33. The van der Waals surface area contributed by atoms with E-state index in [0.29, 0.717) is 17.9 Å². The second-order valence-electron chi connectivity index (χ2n) is 5.88. The molecular weight excluding hydrogens is 264 g/mol. The molecule has 0 fully saturated rings. The Labute approximate surface area is 126 Å². The Morgan fingerprint density at radius 1 is 1.33 bits per heavy atom. The summed E-state index contributed by atoms with van der Waals surface area (Å²) in [6.07, 6.45) is 5.99. The molecule has 0 atom stereocenters. The number of nitrogens with two attached hydrogens (primary N) is 2. The van der Waals surface area contributed by atoms with Crippen molar-refractivity contribution in [2.24, 2.45) is 11.5 Å². The molecule has 2 rings (SSSR count). The van der Waals surface area contributed by atoms with E-state index in [1.807, 2.05) is 6.07 Å². The number of pyridine rings is 1. The highest BCUT2D eigenvalue weighted by Crippen LogP contribution is 2.28. The van der Waals surface area contributed by atoms with Crippen LogP contribution in [0.1, 0.15) is 61.1 Å². The maximum atomic E-state index is 11.8. The Morgan fingerprint density at radius 2 is 2.00 bits per heavy atom. The molecule has 0 bridgehead atoms.